The van der Waals surface area contributed by atoms with Crippen LogP contribution in [0.25, 0.3) is 67.4 Å². The van der Waals surface area contributed by atoms with E-state index in [4.69, 9.17) is 15.0 Å². The molecule has 0 aliphatic carbocycles. The lowest BCUT2D eigenvalue weighted by atomic mass is 9.89. The zero-order valence-electron chi connectivity index (χ0n) is 36.7. The highest BCUT2D eigenvalue weighted by Gasteiger charge is 2.16. The van der Waals surface area contributed by atoms with Crippen LogP contribution in [0, 0.1) is 0 Å². The van der Waals surface area contributed by atoms with Crippen LogP contribution < -0.4 is 0 Å². The highest BCUT2D eigenvalue weighted by Crippen LogP contribution is 2.39. The highest BCUT2D eigenvalue weighted by molar-refractivity contribution is 6.12. The van der Waals surface area contributed by atoms with Crippen LogP contribution in [0.5, 0.6) is 0 Å². The van der Waals surface area contributed by atoms with Crippen molar-refractivity contribution >= 4 is 46.4 Å². The fourth-order valence-electron chi connectivity index (χ4n) is 8.43. The number of rotatable bonds is 10. The Morgan fingerprint density at radius 1 is 0.571 bits per heavy atom. The Morgan fingerprint density at radius 2 is 1.16 bits per heavy atom. The zero-order valence-corrected chi connectivity index (χ0v) is 36.7. The molecular formula is C60H53N3. The number of aliphatic imine (C=N–C) groups is 3. The third-order valence-electron chi connectivity index (χ3n) is 11.7. The Kier molecular flexibility index (Phi) is 13.1. The molecule has 9 rings (SSSR count). The molecule has 1 aliphatic heterocycles. The van der Waals surface area contributed by atoms with Gasteiger partial charge in [0, 0.05) is 23.1 Å². The quantitative estimate of drug-likeness (QED) is 0.0974. The van der Waals surface area contributed by atoms with Gasteiger partial charge in [0.25, 0.3) is 0 Å². The SMILES string of the molecule is C=Cc1cc(-c2ccc(-c3cc(C(C)=NC(=NC(C)c4ccccc4)c4ccccc4)cc(-c4ccc(-c5cccc6c5N=CCC6)cc4)c3)cc2)c2ccccc2c1C=C.CC. The maximum atomic E-state index is 5.30. The van der Waals surface area contributed by atoms with Crippen LogP contribution in [0.1, 0.15) is 73.5 Å². The van der Waals surface area contributed by atoms with Gasteiger partial charge in [0.05, 0.1) is 11.7 Å². The predicted molar refractivity (Wildman–Crippen MR) is 274 cm³/mol. The molecule has 0 bridgehead atoms. The van der Waals surface area contributed by atoms with Crippen molar-refractivity contribution in [3.8, 4) is 44.5 Å². The third-order valence-corrected chi connectivity index (χ3v) is 11.7. The van der Waals surface area contributed by atoms with Crippen molar-refractivity contribution in [2.75, 3.05) is 0 Å². The Morgan fingerprint density at radius 3 is 1.79 bits per heavy atom. The number of hydrogen-bond acceptors (Lipinski definition) is 2. The molecular weight excluding hydrogens is 763 g/mol. The number of aryl methyl sites for hydroxylation is 1. The molecule has 1 atom stereocenters. The summed E-state index contributed by atoms with van der Waals surface area (Å²) in [6, 6.07) is 62.5. The van der Waals surface area contributed by atoms with Gasteiger partial charge in [0.15, 0.2) is 5.84 Å². The van der Waals surface area contributed by atoms with Gasteiger partial charge < -0.3 is 0 Å². The van der Waals surface area contributed by atoms with Gasteiger partial charge in [-0.3, -0.25) is 9.98 Å². The van der Waals surface area contributed by atoms with Crippen LogP contribution in [0.4, 0.5) is 5.69 Å². The van der Waals surface area contributed by atoms with Crippen LogP contribution >= 0.6 is 0 Å². The topological polar surface area (TPSA) is 37.1 Å². The Hall–Kier alpha value is -7.49. The summed E-state index contributed by atoms with van der Waals surface area (Å²) in [7, 11) is 0. The molecule has 8 aromatic rings. The molecule has 0 N–H and O–H groups in total. The van der Waals surface area contributed by atoms with Crippen LogP contribution in [0.3, 0.4) is 0 Å². The Labute approximate surface area is 373 Å². The van der Waals surface area contributed by atoms with E-state index < -0.39 is 0 Å². The fourth-order valence-corrected chi connectivity index (χ4v) is 8.43. The van der Waals surface area contributed by atoms with Crippen molar-refractivity contribution < 1.29 is 0 Å². The van der Waals surface area contributed by atoms with Gasteiger partial charge in [0.2, 0.25) is 0 Å². The lowest BCUT2D eigenvalue weighted by Gasteiger charge is -2.16. The molecule has 63 heavy (non-hydrogen) atoms. The van der Waals surface area contributed by atoms with Crippen LogP contribution in [-0.4, -0.2) is 17.8 Å². The molecule has 3 nitrogen and oxygen atoms in total. The maximum Gasteiger partial charge on any atom is 0.155 e. The number of amidine groups is 1. The van der Waals surface area contributed by atoms with Gasteiger partial charge in [-0.25, -0.2) is 4.99 Å². The molecule has 1 aliphatic rings. The minimum atomic E-state index is -0.0690. The van der Waals surface area contributed by atoms with Crippen molar-refractivity contribution in [3.05, 3.63) is 222 Å². The number of hydrogen-bond donors (Lipinski definition) is 0. The van der Waals surface area contributed by atoms with Gasteiger partial charge in [-0.2, -0.15) is 0 Å². The van der Waals surface area contributed by atoms with Crippen molar-refractivity contribution in [2.45, 2.75) is 46.6 Å². The van der Waals surface area contributed by atoms with E-state index in [0.29, 0.717) is 5.84 Å². The molecule has 0 aromatic heterocycles. The van der Waals surface area contributed by atoms with Gasteiger partial charge in [-0.05, 0) is 128 Å². The standard InChI is InChI=1S/C58H47N3.C2H6/c1-5-41-38-56(55-24-14-13-23-54(55)52(41)6-2)46-32-28-44(29-33-46)51-36-49(40(4)61-58(48-19-11-8-12-20-48)60-39(3)42-17-9-7-10-18-42)35-50(37-51)43-26-30-45(31-27-43)53-25-15-21-47-22-16-34-59-57(47)53;1-2/h5-15,17-21,23-39H,1-2,16,22H2,3-4H3;1-2H3. The minimum absolute atomic E-state index is 0.0690. The Balaban J connectivity index is 0.00000268. The summed E-state index contributed by atoms with van der Waals surface area (Å²) in [4.78, 5) is 15.3. The number of para-hydroxylation sites is 1. The summed E-state index contributed by atoms with van der Waals surface area (Å²) >= 11 is 0. The molecule has 0 radical (unpaired) electrons. The smallest absolute Gasteiger partial charge is 0.155 e. The lowest BCUT2D eigenvalue weighted by molar-refractivity contribution is 0.818. The molecule has 0 amide bonds. The van der Waals surface area contributed by atoms with E-state index in [-0.39, 0.29) is 6.04 Å². The summed E-state index contributed by atoms with van der Waals surface area (Å²) in [5.74, 6) is 0.706. The zero-order chi connectivity index (χ0) is 43.7. The molecule has 0 fully saturated rings. The normalized spacial score (nSPS) is 12.8. The average molecular weight is 816 g/mol. The van der Waals surface area contributed by atoms with Gasteiger partial charge >= 0.3 is 0 Å². The van der Waals surface area contributed by atoms with Gasteiger partial charge in [0.1, 0.15) is 0 Å². The van der Waals surface area contributed by atoms with Gasteiger partial charge in [-0.1, -0.05) is 191 Å². The van der Waals surface area contributed by atoms with Gasteiger partial charge in [-0.15, -0.1) is 0 Å². The molecule has 1 heterocycles. The molecule has 3 heteroatoms. The van der Waals surface area contributed by atoms with Crippen molar-refractivity contribution in [1.29, 1.82) is 0 Å². The van der Waals surface area contributed by atoms with Crippen LogP contribution in [0.2, 0.25) is 0 Å². The van der Waals surface area contributed by atoms with E-state index in [1.54, 1.807) is 0 Å². The lowest BCUT2D eigenvalue weighted by Crippen LogP contribution is -2.06. The van der Waals surface area contributed by atoms with E-state index >= 15 is 0 Å². The first kappa shape index (κ1) is 42.2. The van der Waals surface area contributed by atoms with Crippen molar-refractivity contribution in [2.24, 2.45) is 15.0 Å². The molecule has 0 spiro atoms. The molecule has 0 saturated carbocycles. The first-order valence-corrected chi connectivity index (χ1v) is 22.0. The monoisotopic (exact) mass is 815 g/mol. The van der Waals surface area contributed by atoms with E-state index in [2.05, 4.69) is 179 Å². The van der Waals surface area contributed by atoms with E-state index in [9.17, 15) is 0 Å². The second kappa shape index (κ2) is 19.5. The highest BCUT2D eigenvalue weighted by atomic mass is 14.9. The van der Waals surface area contributed by atoms with E-state index in [0.717, 1.165) is 85.4 Å². The maximum absolute atomic E-state index is 5.30. The second-order valence-corrected chi connectivity index (χ2v) is 15.6. The van der Waals surface area contributed by atoms with E-state index in [1.165, 1.54) is 27.5 Å². The minimum Gasteiger partial charge on any atom is -0.260 e. The van der Waals surface area contributed by atoms with E-state index in [1.807, 2.05) is 56.5 Å². The summed E-state index contributed by atoms with van der Waals surface area (Å²) < 4.78 is 0. The molecule has 0 saturated heterocycles. The number of fused-ring (bicyclic) bond motifs is 2. The summed E-state index contributed by atoms with van der Waals surface area (Å²) in [6.45, 7) is 16.4. The van der Waals surface area contributed by atoms with Crippen LogP contribution in [0.15, 0.2) is 204 Å². The first-order valence-electron chi connectivity index (χ1n) is 22.0. The van der Waals surface area contributed by atoms with Crippen LogP contribution in [-0.2, 0) is 6.42 Å². The average Bonchev–Trinajstić information content (AvgIpc) is 3.36. The molecule has 308 valence electrons. The van der Waals surface area contributed by atoms with Crippen molar-refractivity contribution in [3.63, 3.8) is 0 Å². The van der Waals surface area contributed by atoms with Crippen molar-refractivity contribution in [1.82, 2.24) is 0 Å². The third kappa shape index (κ3) is 9.10. The largest absolute Gasteiger partial charge is 0.260 e. The first-order chi connectivity index (χ1) is 31.0. The fraction of sp³-hybridized carbons (Fsp3) is 0.117. The summed E-state index contributed by atoms with van der Waals surface area (Å²) in [5, 5.41) is 2.36. The summed E-state index contributed by atoms with van der Waals surface area (Å²) in [6.07, 6.45) is 7.90. The number of nitrogens with zero attached hydrogens (tertiary/aromatic N) is 3. The summed E-state index contributed by atoms with van der Waals surface area (Å²) in [5.41, 5.74) is 17.7. The Bertz CT molecular complexity index is 2990. The molecule has 8 aromatic carbocycles. The predicted octanol–water partition coefficient (Wildman–Crippen LogP) is 16.5. The second-order valence-electron chi connectivity index (χ2n) is 15.6. The number of benzene rings is 8. The molecule has 1 unspecified atom stereocenters.